The largest absolute Gasteiger partial charge is 0.326 e. The highest BCUT2D eigenvalue weighted by molar-refractivity contribution is 7.98. The van der Waals surface area contributed by atoms with Crippen molar-refractivity contribution in [2.75, 3.05) is 11.1 Å². The molecule has 3 heterocycles. The predicted molar refractivity (Wildman–Crippen MR) is 128 cm³/mol. The molecule has 0 bridgehead atoms. The zero-order valence-electron chi connectivity index (χ0n) is 16.9. The fourth-order valence-corrected chi connectivity index (χ4v) is 6.07. The van der Waals surface area contributed by atoms with Crippen LogP contribution in [0.25, 0.3) is 21.1 Å². The van der Waals surface area contributed by atoms with Gasteiger partial charge in [0.2, 0.25) is 5.91 Å². The number of aryl methyl sites for hydroxylation is 2. The summed E-state index contributed by atoms with van der Waals surface area (Å²) in [4.78, 5) is 39.0. The lowest BCUT2D eigenvalue weighted by molar-refractivity contribution is -0.115. The van der Waals surface area contributed by atoms with Gasteiger partial charge in [-0.1, -0.05) is 6.07 Å². The number of thiophene rings is 1. The van der Waals surface area contributed by atoms with E-state index in [9.17, 15) is 9.59 Å². The first kappa shape index (κ1) is 20.2. The fraction of sp³-hybridized carbons (Fsp3) is 0.304. The van der Waals surface area contributed by atoms with Crippen molar-refractivity contribution in [1.82, 2.24) is 15.0 Å². The van der Waals surface area contributed by atoms with E-state index in [1.54, 1.807) is 29.3 Å². The second-order valence-corrected chi connectivity index (χ2v) is 9.85. The Morgan fingerprint density at radius 3 is 3.06 bits per heavy atom. The second kappa shape index (κ2) is 8.80. The Morgan fingerprint density at radius 1 is 1.23 bits per heavy atom. The number of nitrogens with zero attached hydrogens (tertiary/aromatic N) is 2. The van der Waals surface area contributed by atoms with Crippen molar-refractivity contribution in [3.63, 3.8) is 0 Å². The van der Waals surface area contributed by atoms with Gasteiger partial charge in [0, 0.05) is 34.3 Å². The molecule has 0 saturated carbocycles. The van der Waals surface area contributed by atoms with Crippen LogP contribution in [0.3, 0.4) is 0 Å². The number of anilines is 1. The molecule has 1 aromatic carbocycles. The van der Waals surface area contributed by atoms with Gasteiger partial charge >= 0.3 is 0 Å². The number of nitrogens with one attached hydrogen (secondary N) is 2. The SMILES string of the molecule is O=C(CCSCc1nc2sc3c(c2c(=O)[nH]1)CCCC3)Nc1ccc2ncccc2c1. The molecule has 1 aliphatic carbocycles. The van der Waals surface area contributed by atoms with Crippen molar-refractivity contribution < 1.29 is 4.79 Å². The summed E-state index contributed by atoms with van der Waals surface area (Å²) >= 11 is 3.27. The summed E-state index contributed by atoms with van der Waals surface area (Å²) < 4.78 is 0. The number of thioether (sulfide) groups is 1. The number of aromatic nitrogens is 3. The molecule has 0 atom stereocenters. The minimum atomic E-state index is -0.0291. The van der Waals surface area contributed by atoms with Gasteiger partial charge in [-0.05, 0) is 55.5 Å². The minimum Gasteiger partial charge on any atom is -0.326 e. The smallest absolute Gasteiger partial charge is 0.259 e. The third kappa shape index (κ3) is 4.36. The van der Waals surface area contributed by atoms with E-state index in [4.69, 9.17) is 4.98 Å². The Morgan fingerprint density at radius 2 is 2.13 bits per heavy atom. The summed E-state index contributed by atoms with van der Waals surface area (Å²) in [6.07, 6.45) is 6.53. The van der Waals surface area contributed by atoms with Crippen LogP contribution in [0.15, 0.2) is 41.3 Å². The summed E-state index contributed by atoms with van der Waals surface area (Å²) in [7, 11) is 0. The molecule has 158 valence electrons. The van der Waals surface area contributed by atoms with Crippen LogP contribution >= 0.6 is 23.1 Å². The van der Waals surface area contributed by atoms with Crippen molar-refractivity contribution in [3.05, 3.63) is 63.1 Å². The summed E-state index contributed by atoms with van der Waals surface area (Å²) in [5, 5.41) is 4.73. The van der Waals surface area contributed by atoms with E-state index in [2.05, 4.69) is 15.3 Å². The highest BCUT2D eigenvalue weighted by atomic mass is 32.2. The van der Waals surface area contributed by atoms with Crippen LogP contribution in [-0.4, -0.2) is 26.6 Å². The van der Waals surface area contributed by atoms with Gasteiger partial charge in [0.1, 0.15) is 10.7 Å². The molecule has 0 fully saturated rings. The number of fused-ring (bicyclic) bond motifs is 4. The number of aromatic amines is 1. The first-order valence-corrected chi connectivity index (χ1v) is 12.4. The molecule has 1 amide bonds. The Bertz CT molecular complexity index is 1330. The van der Waals surface area contributed by atoms with Crippen molar-refractivity contribution in [2.45, 2.75) is 37.9 Å². The van der Waals surface area contributed by atoms with Gasteiger partial charge in [-0.3, -0.25) is 14.6 Å². The van der Waals surface area contributed by atoms with Crippen LogP contribution in [-0.2, 0) is 23.4 Å². The highest BCUT2D eigenvalue weighted by Gasteiger charge is 2.19. The lowest BCUT2D eigenvalue weighted by Crippen LogP contribution is -2.13. The quantitative estimate of drug-likeness (QED) is 0.417. The molecule has 6 nitrogen and oxygen atoms in total. The number of rotatable bonds is 6. The minimum absolute atomic E-state index is 0.0245. The Kier molecular flexibility index (Phi) is 5.74. The van der Waals surface area contributed by atoms with Crippen molar-refractivity contribution in [3.8, 4) is 0 Å². The average Bonchev–Trinajstić information content (AvgIpc) is 3.15. The van der Waals surface area contributed by atoms with E-state index in [0.717, 1.165) is 46.1 Å². The molecule has 0 spiro atoms. The van der Waals surface area contributed by atoms with Crippen molar-refractivity contribution in [2.24, 2.45) is 0 Å². The standard InChI is InChI=1S/C23H22N4O2S2/c28-20(25-15-7-8-17-14(12-15)4-3-10-24-17)9-11-30-13-19-26-22(29)21-16-5-1-2-6-18(16)31-23(21)27-19/h3-4,7-8,10,12H,1-2,5-6,9,11,13H2,(H,25,28)(H,26,27,29). The monoisotopic (exact) mass is 450 g/mol. The molecular formula is C23H22N4O2S2. The van der Waals surface area contributed by atoms with Gasteiger partial charge in [0.05, 0.1) is 16.7 Å². The first-order chi connectivity index (χ1) is 15.2. The van der Waals surface area contributed by atoms with Crippen molar-refractivity contribution >= 4 is 55.8 Å². The summed E-state index contributed by atoms with van der Waals surface area (Å²) in [5.74, 6) is 1.90. The van der Waals surface area contributed by atoms with E-state index in [1.165, 1.54) is 16.9 Å². The molecule has 0 aliphatic heterocycles. The third-order valence-electron chi connectivity index (χ3n) is 5.47. The predicted octanol–water partition coefficient (Wildman–Crippen LogP) is 4.67. The number of amides is 1. The molecule has 8 heteroatoms. The molecule has 1 aliphatic rings. The molecule has 4 aromatic rings. The van der Waals surface area contributed by atoms with Crippen LogP contribution in [0.1, 0.15) is 35.5 Å². The average molecular weight is 451 g/mol. The van der Waals surface area contributed by atoms with E-state index in [1.807, 2.05) is 30.3 Å². The molecule has 0 unspecified atom stereocenters. The Hall–Kier alpha value is -2.71. The lowest BCUT2D eigenvalue weighted by Gasteiger charge is -2.09. The number of H-pyrrole nitrogens is 1. The van der Waals surface area contributed by atoms with Gasteiger partial charge in [-0.2, -0.15) is 11.8 Å². The number of benzene rings is 1. The maximum atomic E-state index is 12.6. The van der Waals surface area contributed by atoms with E-state index in [-0.39, 0.29) is 11.5 Å². The summed E-state index contributed by atoms with van der Waals surface area (Å²) in [6, 6.07) is 9.55. The van der Waals surface area contributed by atoms with E-state index >= 15 is 0 Å². The summed E-state index contributed by atoms with van der Waals surface area (Å²) in [6.45, 7) is 0. The first-order valence-electron chi connectivity index (χ1n) is 10.4. The lowest BCUT2D eigenvalue weighted by atomic mass is 9.97. The topological polar surface area (TPSA) is 87.7 Å². The van der Waals surface area contributed by atoms with Gasteiger partial charge in [0.15, 0.2) is 0 Å². The van der Waals surface area contributed by atoms with Crippen LogP contribution in [0.2, 0.25) is 0 Å². The van der Waals surface area contributed by atoms with Crippen LogP contribution in [0, 0.1) is 0 Å². The molecule has 31 heavy (non-hydrogen) atoms. The Labute approximate surface area is 187 Å². The molecule has 0 radical (unpaired) electrons. The maximum Gasteiger partial charge on any atom is 0.259 e. The number of hydrogen-bond acceptors (Lipinski definition) is 6. The second-order valence-electron chi connectivity index (χ2n) is 7.67. The van der Waals surface area contributed by atoms with Gasteiger partial charge in [-0.25, -0.2) is 4.98 Å². The van der Waals surface area contributed by atoms with Gasteiger partial charge < -0.3 is 10.3 Å². The van der Waals surface area contributed by atoms with Crippen LogP contribution in [0.4, 0.5) is 5.69 Å². The number of pyridine rings is 1. The molecule has 2 N–H and O–H groups in total. The van der Waals surface area contributed by atoms with Crippen molar-refractivity contribution in [1.29, 1.82) is 0 Å². The van der Waals surface area contributed by atoms with E-state index < -0.39 is 0 Å². The molecular weight excluding hydrogens is 428 g/mol. The van der Waals surface area contributed by atoms with Crippen LogP contribution < -0.4 is 10.9 Å². The molecule has 0 saturated heterocycles. The van der Waals surface area contributed by atoms with Gasteiger partial charge in [0.25, 0.3) is 5.56 Å². The summed E-state index contributed by atoms with van der Waals surface area (Å²) in [5.41, 5.74) is 2.86. The van der Waals surface area contributed by atoms with E-state index in [0.29, 0.717) is 23.8 Å². The number of carbonyl (C=O) groups excluding carboxylic acids is 1. The molecule has 3 aromatic heterocycles. The highest BCUT2D eigenvalue weighted by Crippen LogP contribution is 2.33. The van der Waals surface area contributed by atoms with Gasteiger partial charge in [-0.15, -0.1) is 11.3 Å². The molecule has 5 rings (SSSR count). The fourth-order valence-electron chi connectivity index (χ4n) is 3.99. The Balaban J connectivity index is 1.17. The zero-order chi connectivity index (χ0) is 21.2. The van der Waals surface area contributed by atoms with Crippen LogP contribution in [0.5, 0.6) is 0 Å². The number of hydrogen-bond donors (Lipinski definition) is 2. The normalized spacial score (nSPS) is 13.4. The zero-order valence-corrected chi connectivity index (χ0v) is 18.6. The number of carbonyl (C=O) groups is 1. The maximum absolute atomic E-state index is 12.6. The third-order valence-corrected chi connectivity index (χ3v) is 7.63.